The molecular formula is C24H20FN3O4S. The highest BCUT2D eigenvalue weighted by atomic mass is 32.2. The van der Waals surface area contributed by atoms with Crippen molar-refractivity contribution in [3.05, 3.63) is 88.5 Å². The topological polar surface area (TPSA) is 76.6 Å². The highest BCUT2D eigenvalue weighted by molar-refractivity contribution is 8.18. The lowest BCUT2D eigenvalue weighted by Gasteiger charge is -2.12. The van der Waals surface area contributed by atoms with Crippen LogP contribution in [-0.2, 0) is 11.3 Å². The first-order valence-corrected chi connectivity index (χ1v) is 10.7. The average molecular weight is 466 g/mol. The molecule has 0 saturated carbocycles. The minimum atomic E-state index is -0.329. The Labute approximate surface area is 194 Å². The van der Waals surface area contributed by atoms with E-state index in [0.29, 0.717) is 32.9 Å². The average Bonchev–Trinajstić information content (AvgIpc) is 3.44. The number of amides is 1. The maximum Gasteiger partial charge on any atom is 0.267 e. The van der Waals surface area contributed by atoms with Crippen molar-refractivity contribution < 1.29 is 23.1 Å². The van der Waals surface area contributed by atoms with Gasteiger partial charge in [-0.05, 0) is 65.4 Å². The predicted octanol–water partition coefficient (Wildman–Crippen LogP) is 4.94. The molecule has 4 rings (SSSR count). The maximum atomic E-state index is 13.2. The third-order valence-electron chi connectivity index (χ3n) is 4.71. The lowest BCUT2D eigenvalue weighted by atomic mass is 10.2. The molecule has 0 spiro atoms. The summed E-state index contributed by atoms with van der Waals surface area (Å²) in [4.78, 5) is 15.1. The molecule has 0 radical (unpaired) electrons. The molecular weight excluding hydrogens is 445 g/mol. The number of furan rings is 1. The molecule has 3 aromatic rings. The molecule has 1 fully saturated rings. The van der Waals surface area contributed by atoms with Crippen LogP contribution in [0.5, 0.6) is 11.5 Å². The highest BCUT2D eigenvalue weighted by Gasteiger charge is 2.34. The van der Waals surface area contributed by atoms with Gasteiger partial charge in [0.2, 0.25) is 0 Å². The van der Waals surface area contributed by atoms with Gasteiger partial charge >= 0.3 is 0 Å². The van der Waals surface area contributed by atoms with Gasteiger partial charge in [-0.15, -0.1) is 5.10 Å². The van der Waals surface area contributed by atoms with Gasteiger partial charge in [0.15, 0.2) is 16.7 Å². The van der Waals surface area contributed by atoms with Gasteiger partial charge < -0.3 is 13.9 Å². The minimum absolute atomic E-state index is 0.215. The second-order valence-corrected chi connectivity index (χ2v) is 7.88. The number of benzene rings is 2. The first kappa shape index (κ1) is 22.3. The Bertz CT molecular complexity index is 1220. The molecule has 1 saturated heterocycles. The minimum Gasteiger partial charge on any atom is -0.493 e. The van der Waals surface area contributed by atoms with Crippen LogP contribution in [0.4, 0.5) is 4.39 Å². The Morgan fingerprint density at radius 3 is 2.52 bits per heavy atom. The lowest BCUT2D eigenvalue weighted by molar-refractivity contribution is -0.122. The van der Waals surface area contributed by atoms with Crippen LogP contribution in [0.2, 0.25) is 0 Å². The Balaban J connectivity index is 1.62. The summed E-state index contributed by atoms with van der Waals surface area (Å²) < 4.78 is 29.1. The molecule has 1 aromatic heterocycles. The van der Waals surface area contributed by atoms with Crippen molar-refractivity contribution in [2.45, 2.75) is 6.54 Å². The van der Waals surface area contributed by atoms with Gasteiger partial charge in [-0.25, -0.2) is 4.39 Å². The molecule has 1 amide bonds. The smallest absolute Gasteiger partial charge is 0.267 e. The Morgan fingerprint density at radius 2 is 1.82 bits per heavy atom. The normalized spacial score (nSPS) is 16.3. The number of ether oxygens (including phenoxy) is 2. The zero-order valence-electron chi connectivity index (χ0n) is 17.9. The highest BCUT2D eigenvalue weighted by Crippen LogP contribution is 2.35. The zero-order valence-corrected chi connectivity index (χ0v) is 18.7. The molecule has 0 aliphatic carbocycles. The number of carbonyl (C=O) groups excluding carboxylic acids is 1. The summed E-state index contributed by atoms with van der Waals surface area (Å²) in [6.45, 7) is 0.215. The molecule has 0 N–H and O–H groups in total. The van der Waals surface area contributed by atoms with Gasteiger partial charge in [-0.1, -0.05) is 18.2 Å². The largest absolute Gasteiger partial charge is 0.493 e. The van der Waals surface area contributed by atoms with E-state index in [4.69, 9.17) is 13.9 Å². The quantitative estimate of drug-likeness (QED) is 0.281. The van der Waals surface area contributed by atoms with E-state index in [1.165, 1.54) is 35.0 Å². The van der Waals surface area contributed by atoms with Gasteiger partial charge in [0, 0.05) is 0 Å². The molecule has 1 aliphatic rings. The van der Waals surface area contributed by atoms with Crippen molar-refractivity contribution in [1.29, 1.82) is 0 Å². The summed E-state index contributed by atoms with van der Waals surface area (Å²) in [7, 11) is 3.12. The number of thioether (sulfide) groups is 1. The molecule has 1 aliphatic heterocycles. The van der Waals surface area contributed by atoms with E-state index in [-0.39, 0.29) is 18.3 Å². The molecule has 33 heavy (non-hydrogen) atoms. The Kier molecular flexibility index (Phi) is 6.89. The number of methoxy groups -OCH3 is 2. The van der Waals surface area contributed by atoms with E-state index in [2.05, 4.69) is 10.2 Å². The van der Waals surface area contributed by atoms with E-state index in [1.807, 2.05) is 6.07 Å². The SMILES string of the molecule is COc1ccc(/C=C2\S/C(=N\N=C\c3ccc(F)cc3)N(Cc3ccco3)C2=O)cc1OC. The summed E-state index contributed by atoms with van der Waals surface area (Å²) >= 11 is 1.20. The number of hydrogen-bond donors (Lipinski definition) is 0. The third-order valence-corrected chi connectivity index (χ3v) is 5.70. The van der Waals surface area contributed by atoms with Crippen LogP contribution >= 0.6 is 11.8 Å². The van der Waals surface area contributed by atoms with Crippen LogP contribution in [0.15, 0.2) is 80.4 Å². The second-order valence-electron chi connectivity index (χ2n) is 6.87. The number of rotatable bonds is 7. The van der Waals surface area contributed by atoms with Crippen LogP contribution < -0.4 is 9.47 Å². The standard InChI is InChI=1S/C24H20FN3O4S/c1-30-20-10-7-17(12-21(20)31-2)13-22-23(29)28(15-19-4-3-11-32-19)24(33-22)27-26-14-16-5-8-18(25)9-6-16/h3-14H,15H2,1-2H3/b22-13-,26-14+,27-24-. The van der Waals surface area contributed by atoms with Crippen molar-refractivity contribution in [1.82, 2.24) is 4.90 Å². The molecule has 0 atom stereocenters. The summed E-state index contributed by atoms with van der Waals surface area (Å²) in [5.41, 5.74) is 1.46. The van der Waals surface area contributed by atoms with E-state index < -0.39 is 0 Å². The zero-order chi connectivity index (χ0) is 23.2. The fourth-order valence-electron chi connectivity index (χ4n) is 3.07. The van der Waals surface area contributed by atoms with Gasteiger partial charge in [-0.3, -0.25) is 9.69 Å². The molecule has 0 bridgehead atoms. The van der Waals surface area contributed by atoms with E-state index >= 15 is 0 Å². The van der Waals surface area contributed by atoms with E-state index in [0.717, 1.165) is 5.56 Å². The summed E-state index contributed by atoms with van der Waals surface area (Å²) in [6, 6.07) is 14.8. The monoisotopic (exact) mass is 465 g/mol. The van der Waals surface area contributed by atoms with Crippen molar-refractivity contribution in [3.8, 4) is 11.5 Å². The molecule has 7 nitrogen and oxygen atoms in total. The van der Waals surface area contributed by atoms with Gasteiger partial charge in [-0.2, -0.15) is 5.10 Å². The first-order valence-electron chi connectivity index (χ1n) is 9.90. The Morgan fingerprint density at radius 1 is 1.06 bits per heavy atom. The van der Waals surface area contributed by atoms with Crippen LogP contribution in [-0.4, -0.2) is 36.4 Å². The van der Waals surface area contributed by atoms with Gasteiger partial charge in [0.1, 0.15) is 11.6 Å². The number of amidine groups is 1. The number of carbonyl (C=O) groups is 1. The summed E-state index contributed by atoms with van der Waals surface area (Å²) in [5, 5.41) is 8.73. The summed E-state index contributed by atoms with van der Waals surface area (Å²) in [5.74, 6) is 1.23. The fourth-order valence-corrected chi connectivity index (χ4v) is 4.00. The number of halogens is 1. The Hall–Kier alpha value is -3.85. The predicted molar refractivity (Wildman–Crippen MR) is 126 cm³/mol. The van der Waals surface area contributed by atoms with Crippen LogP contribution in [0, 0.1) is 5.82 Å². The van der Waals surface area contributed by atoms with E-state index in [9.17, 15) is 9.18 Å². The van der Waals surface area contributed by atoms with E-state index in [1.54, 1.807) is 63.0 Å². The van der Waals surface area contributed by atoms with Crippen LogP contribution in [0.3, 0.4) is 0 Å². The number of hydrogen-bond acceptors (Lipinski definition) is 7. The number of nitrogens with zero attached hydrogens (tertiary/aromatic N) is 3. The first-order chi connectivity index (χ1) is 16.1. The van der Waals surface area contributed by atoms with Crippen molar-refractivity contribution in [2.75, 3.05) is 14.2 Å². The molecule has 2 aromatic carbocycles. The second kappa shape index (κ2) is 10.2. The molecule has 168 valence electrons. The lowest BCUT2D eigenvalue weighted by Crippen LogP contribution is -2.28. The third kappa shape index (κ3) is 5.32. The molecule has 0 unspecified atom stereocenters. The summed E-state index contributed by atoms with van der Waals surface area (Å²) in [6.07, 6.45) is 4.81. The fraction of sp³-hybridized carbons (Fsp3) is 0.125. The van der Waals surface area contributed by atoms with Crippen molar-refractivity contribution >= 4 is 35.1 Å². The van der Waals surface area contributed by atoms with Gasteiger partial charge in [0.25, 0.3) is 5.91 Å². The molecule has 9 heteroatoms. The van der Waals surface area contributed by atoms with Crippen LogP contribution in [0.25, 0.3) is 6.08 Å². The maximum absolute atomic E-state index is 13.2. The molecule has 2 heterocycles. The van der Waals surface area contributed by atoms with Crippen molar-refractivity contribution in [3.63, 3.8) is 0 Å². The van der Waals surface area contributed by atoms with Crippen molar-refractivity contribution in [2.24, 2.45) is 10.2 Å². The van der Waals surface area contributed by atoms with Crippen LogP contribution in [0.1, 0.15) is 16.9 Å². The van der Waals surface area contributed by atoms with Gasteiger partial charge in [0.05, 0.1) is 38.1 Å².